The van der Waals surface area contributed by atoms with Crippen molar-refractivity contribution >= 4 is 17.8 Å². The first-order valence-corrected chi connectivity index (χ1v) is 5.68. The topological polar surface area (TPSA) is 62.2 Å². The zero-order valence-corrected chi connectivity index (χ0v) is 10.4. The van der Waals surface area contributed by atoms with E-state index in [1.807, 2.05) is 6.92 Å². The minimum absolute atomic E-state index is 0.0412. The van der Waals surface area contributed by atoms with Gasteiger partial charge in [-0.2, -0.15) is 0 Å². The molecular formula is C11H17N3O3. The molecule has 2 aliphatic heterocycles. The lowest BCUT2D eigenvalue weighted by molar-refractivity contribution is -0.131. The average molecular weight is 239 g/mol. The summed E-state index contributed by atoms with van der Waals surface area (Å²) in [5, 5.41) is 0. The number of hydrogen-bond donors (Lipinski definition) is 0. The van der Waals surface area contributed by atoms with Crippen LogP contribution in [-0.4, -0.2) is 60.4 Å². The fraction of sp³-hybridized carbons (Fsp3) is 0.727. The van der Waals surface area contributed by atoms with Crippen LogP contribution in [0.3, 0.4) is 0 Å². The molecule has 0 aromatic carbocycles. The van der Waals surface area contributed by atoms with Gasteiger partial charge in [-0.05, 0) is 19.8 Å². The van der Waals surface area contributed by atoms with Gasteiger partial charge in [0.05, 0.1) is 7.11 Å². The Bertz CT molecular complexity index is 383. The van der Waals surface area contributed by atoms with Crippen molar-refractivity contribution in [3.8, 4) is 0 Å². The van der Waals surface area contributed by atoms with Crippen LogP contribution >= 0.6 is 0 Å². The van der Waals surface area contributed by atoms with Crippen LogP contribution in [0.15, 0.2) is 4.99 Å². The summed E-state index contributed by atoms with van der Waals surface area (Å²) < 4.78 is 4.67. The third kappa shape index (κ3) is 1.77. The summed E-state index contributed by atoms with van der Waals surface area (Å²) in [4.78, 5) is 31.1. The molecule has 1 fully saturated rings. The molecule has 0 aliphatic carbocycles. The highest BCUT2D eigenvalue weighted by Crippen LogP contribution is 2.33. The predicted molar refractivity (Wildman–Crippen MR) is 61.8 cm³/mol. The van der Waals surface area contributed by atoms with E-state index in [0.717, 1.165) is 5.84 Å². The summed E-state index contributed by atoms with van der Waals surface area (Å²) in [5.74, 6) is 0.793. The molecule has 0 N–H and O–H groups in total. The second kappa shape index (κ2) is 4.01. The van der Waals surface area contributed by atoms with Crippen molar-refractivity contribution in [2.24, 2.45) is 4.99 Å². The number of aliphatic imine (C=N–C) groups is 1. The standard InChI is InChI=1S/C11H17N3O3/c1-8-12-11(9(15)13(8)2)4-6-14(7-5-11)10(16)17-3/h4-7H2,1-3H3. The zero-order valence-electron chi connectivity index (χ0n) is 10.4. The van der Waals surface area contributed by atoms with Crippen molar-refractivity contribution in [3.05, 3.63) is 0 Å². The molecular weight excluding hydrogens is 222 g/mol. The minimum atomic E-state index is -0.636. The summed E-state index contributed by atoms with van der Waals surface area (Å²) in [5.41, 5.74) is -0.636. The summed E-state index contributed by atoms with van der Waals surface area (Å²) in [6.45, 7) is 2.87. The molecule has 0 bridgehead atoms. The van der Waals surface area contributed by atoms with Gasteiger partial charge < -0.3 is 14.5 Å². The van der Waals surface area contributed by atoms with E-state index in [1.54, 1.807) is 16.8 Å². The largest absolute Gasteiger partial charge is 0.453 e. The lowest BCUT2D eigenvalue weighted by Gasteiger charge is -2.35. The maximum atomic E-state index is 12.1. The molecule has 2 amide bonds. The second-order valence-corrected chi connectivity index (χ2v) is 4.51. The number of amidine groups is 1. The number of carbonyl (C=O) groups excluding carboxylic acids is 2. The molecule has 0 aromatic heterocycles. The number of carbonyl (C=O) groups is 2. The smallest absolute Gasteiger partial charge is 0.409 e. The summed E-state index contributed by atoms with van der Waals surface area (Å²) >= 11 is 0. The SMILES string of the molecule is COC(=O)N1CCC2(CC1)N=C(C)N(C)C2=O. The normalized spacial score (nSPS) is 23.0. The highest BCUT2D eigenvalue weighted by molar-refractivity contribution is 6.07. The van der Waals surface area contributed by atoms with E-state index in [9.17, 15) is 9.59 Å². The number of rotatable bonds is 0. The average Bonchev–Trinajstić information content (AvgIpc) is 2.55. The zero-order chi connectivity index (χ0) is 12.6. The Kier molecular flexibility index (Phi) is 2.81. The summed E-state index contributed by atoms with van der Waals surface area (Å²) in [6.07, 6.45) is 0.810. The van der Waals surface area contributed by atoms with Gasteiger partial charge >= 0.3 is 6.09 Å². The van der Waals surface area contributed by atoms with Crippen molar-refractivity contribution < 1.29 is 14.3 Å². The van der Waals surface area contributed by atoms with Gasteiger partial charge in [0.15, 0.2) is 0 Å². The number of hydrogen-bond acceptors (Lipinski definition) is 4. The number of nitrogens with zero attached hydrogens (tertiary/aromatic N) is 3. The van der Waals surface area contributed by atoms with Gasteiger partial charge in [0.1, 0.15) is 11.4 Å². The van der Waals surface area contributed by atoms with E-state index >= 15 is 0 Å². The van der Waals surface area contributed by atoms with Gasteiger partial charge in [-0.15, -0.1) is 0 Å². The molecule has 1 saturated heterocycles. The van der Waals surface area contributed by atoms with Crippen molar-refractivity contribution in [2.75, 3.05) is 27.2 Å². The molecule has 2 aliphatic rings. The van der Waals surface area contributed by atoms with E-state index < -0.39 is 5.54 Å². The first kappa shape index (κ1) is 11.9. The van der Waals surface area contributed by atoms with E-state index in [4.69, 9.17) is 0 Å². The highest BCUT2D eigenvalue weighted by atomic mass is 16.5. The first-order valence-electron chi connectivity index (χ1n) is 5.68. The molecule has 0 saturated carbocycles. The Labute approximate surface area is 100 Å². The van der Waals surface area contributed by atoms with Gasteiger partial charge in [-0.3, -0.25) is 9.79 Å². The van der Waals surface area contributed by atoms with Gasteiger partial charge in [0.2, 0.25) is 0 Å². The Morgan fingerprint density at radius 1 is 1.41 bits per heavy atom. The Morgan fingerprint density at radius 3 is 2.41 bits per heavy atom. The monoisotopic (exact) mass is 239 g/mol. The van der Waals surface area contributed by atoms with E-state index in [0.29, 0.717) is 25.9 Å². The summed E-state index contributed by atoms with van der Waals surface area (Å²) in [7, 11) is 3.10. The Morgan fingerprint density at radius 2 is 2.00 bits per heavy atom. The maximum Gasteiger partial charge on any atom is 0.409 e. The number of amides is 2. The van der Waals surface area contributed by atoms with Gasteiger partial charge in [0, 0.05) is 20.1 Å². The third-order valence-electron chi connectivity index (χ3n) is 3.59. The predicted octanol–water partition coefficient (Wildman–Crippen LogP) is 0.478. The van der Waals surface area contributed by atoms with E-state index in [-0.39, 0.29) is 12.0 Å². The van der Waals surface area contributed by atoms with Crippen molar-refractivity contribution in [3.63, 3.8) is 0 Å². The highest BCUT2D eigenvalue weighted by Gasteiger charge is 2.48. The Hall–Kier alpha value is -1.59. The quantitative estimate of drug-likeness (QED) is 0.617. The van der Waals surface area contributed by atoms with Crippen LogP contribution in [0.2, 0.25) is 0 Å². The van der Waals surface area contributed by atoms with Gasteiger partial charge in [0.25, 0.3) is 5.91 Å². The molecule has 17 heavy (non-hydrogen) atoms. The number of methoxy groups -OCH3 is 1. The van der Waals surface area contributed by atoms with Gasteiger partial charge in [-0.1, -0.05) is 0 Å². The molecule has 1 spiro atoms. The number of likely N-dealkylation sites (tertiary alicyclic amines) is 1. The van der Waals surface area contributed by atoms with E-state index in [2.05, 4.69) is 9.73 Å². The molecule has 0 aromatic rings. The number of piperidine rings is 1. The molecule has 0 unspecified atom stereocenters. The maximum absolute atomic E-state index is 12.1. The van der Waals surface area contributed by atoms with Crippen LogP contribution in [0.25, 0.3) is 0 Å². The van der Waals surface area contributed by atoms with E-state index in [1.165, 1.54) is 7.11 Å². The molecule has 6 nitrogen and oxygen atoms in total. The molecule has 2 rings (SSSR count). The van der Waals surface area contributed by atoms with Crippen LogP contribution in [0.4, 0.5) is 4.79 Å². The van der Waals surface area contributed by atoms with Crippen molar-refractivity contribution in [1.82, 2.24) is 9.80 Å². The van der Waals surface area contributed by atoms with Crippen molar-refractivity contribution in [2.45, 2.75) is 25.3 Å². The van der Waals surface area contributed by atoms with Crippen LogP contribution < -0.4 is 0 Å². The lowest BCUT2D eigenvalue weighted by atomic mass is 9.88. The molecule has 0 radical (unpaired) electrons. The molecule has 6 heteroatoms. The number of ether oxygens (including phenoxy) is 1. The third-order valence-corrected chi connectivity index (χ3v) is 3.59. The molecule has 94 valence electrons. The van der Waals surface area contributed by atoms with Gasteiger partial charge in [-0.25, -0.2) is 4.79 Å². The van der Waals surface area contributed by atoms with Crippen LogP contribution in [0.5, 0.6) is 0 Å². The first-order chi connectivity index (χ1) is 8.00. The van der Waals surface area contributed by atoms with Crippen LogP contribution in [0.1, 0.15) is 19.8 Å². The second-order valence-electron chi connectivity index (χ2n) is 4.51. The van der Waals surface area contributed by atoms with Crippen molar-refractivity contribution in [1.29, 1.82) is 0 Å². The molecule has 0 atom stereocenters. The molecule has 2 heterocycles. The summed E-state index contributed by atoms with van der Waals surface area (Å²) in [6, 6.07) is 0. The van der Waals surface area contributed by atoms with Crippen LogP contribution in [-0.2, 0) is 9.53 Å². The lowest BCUT2D eigenvalue weighted by Crippen LogP contribution is -2.50. The number of likely N-dealkylation sites (N-methyl/N-ethyl adjacent to an activating group) is 1. The van der Waals surface area contributed by atoms with Crippen LogP contribution in [0, 0.1) is 0 Å². The Balaban J connectivity index is 2.09. The minimum Gasteiger partial charge on any atom is -0.453 e. The fourth-order valence-corrected chi connectivity index (χ4v) is 2.41. The fourth-order valence-electron chi connectivity index (χ4n) is 2.41.